The largest absolute Gasteiger partial charge is 0.423 e. The van der Waals surface area contributed by atoms with Crippen molar-refractivity contribution in [2.24, 2.45) is 0 Å². The Kier molecular flexibility index (Phi) is 6.65. The molecule has 2 heterocycles. The van der Waals surface area contributed by atoms with Crippen LogP contribution in [0.5, 0.6) is 5.75 Å². The summed E-state index contributed by atoms with van der Waals surface area (Å²) >= 11 is 0. The second-order valence-electron chi connectivity index (χ2n) is 6.97. The zero-order chi connectivity index (χ0) is 23.0. The number of amides is 2. The summed E-state index contributed by atoms with van der Waals surface area (Å²) in [6.07, 6.45) is 4.73. The number of esters is 1. The maximum atomic E-state index is 12.1. The summed E-state index contributed by atoms with van der Waals surface area (Å²) in [6.45, 7) is 2.34. The molecule has 2 aromatic heterocycles. The molecule has 0 unspecified atom stereocenters. The van der Waals surface area contributed by atoms with E-state index in [0.29, 0.717) is 35.0 Å². The third kappa shape index (κ3) is 5.76. The van der Waals surface area contributed by atoms with Crippen LogP contribution in [0.2, 0.25) is 0 Å². The van der Waals surface area contributed by atoms with E-state index < -0.39 is 5.97 Å². The average Bonchev–Trinajstić information content (AvgIpc) is 2.83. The minimum Gasteiger partial charge on any atom is -0.423 e. The van der Waals surface area contributed by atoms with Gasteiger partial charge in [0.1, 0.15) is 17.1 Å². The zero-order valence-corrected chi connectivity index (χ0v) is 17.9. The van der Waals surface area contributed by atoms with Gasteiger partial charge in [0.15, 0.2) is 5.65 Å². The summed E-state index contributed by atoms with van der Waals surface area (Å²) < 4.78 is 5.35. The van der Waals surface area contributed by atoms with Gasteiger partial charge >= 0.3 is 12.0 Å². The number of nitrogens with zero attached hydrogens (tertiary/aromatic N) is 3. The molecule has 33 heavy (non-hydrogen) atoms. The maximum absolute atomic E-state index is 12.1. The lowest BCUT2D eigenvalue weighted by Crippen LogP contribution is -2.28. The summed E-state index contributed by atoms with van der Waals surface area (Å²) in [7, 11) is 0. The van der Waals surface area contributed by atoms with Crippen molar-refractivity contribution in [3.8, 4) is 17.0 Å². The van der Waals surface area contributed by atoms with E-state index in [-0.39, 0.29) is 6.03 Å². The molecule has 164 valence electrons. The molecule has 0 saturated heterocycles. The lowest BCUT2D eigenvalue weighted by atomic mass is 10.1. The highest BCUT2D eigenvalue weighted by molar-refractivity contribution is 5.90. The first-order valence-electron chi connectivity index (χ1n) is 10.3. The molecular weight excluding hydrogens is 418 g/mol. The Morgan fingerprint density at radius 2 is 1.76 bits per heavy atom. The maximum Gasteiger partial charge on any atom is 0.336 e. The highest BCUT2D eigenvalue weighted by Gasteiger charge is 2.08. The van der Waals surface area contributed by atoms with Gasteiger partial charge in [-0.3, -0.25) is 10.3 Å². The van der Waals surface area contributed by atoms with Crippen molar-refractivity contribution in [1.29, 1.82) is 0 Å². The lowest BCUT2D eigenvalue weighted by Gasteiger charge is -2.07. The highest BCUT2D eigenvalue weighted by Crippen LogP contribution is 2.22. The van der Waals surface area contributed by atoms with Crippen LogP contribution in [0.3, 0.4) is 0 Å². The molecule has 4 rings (SSSR count). The van der Waals surface area contributed by atoms with Gasteiger partial charge in [-0.1, -0.05) is 30.3 Å². The molecule has 2 aromatic carbocycles. The predicted molar refractivity (Wildman–Crippen MR) is 127 cm³/mol. The number of carbonyl (C=O) groups is 2. The third-order valence-corrected chi connectivity index (χ3v) is 4.57. The number of hydrogen-bond donors (Lipinski definition) is 2. The smallest absolute Gasteiger partial charge is 0.336 e. The molecule has 0 spiro atoms. The number of ether oxygens (including phenoxy) is 1. The molecule has 2 N–H and O–H groups in total. The Morgan fingerprint density at radius 1 is 0.970 bits per heavy atom. The quantitative estimate of drug-likeness (QED) is 0.261. The number of fused-ring (bicyclic) bond motifs is 1. The first kappa shape index (κ1) is 21.6. The van der Waals surface area contributed by atoms with Crippen LogP contribution in [-0.4, -0.2) is 33.5 Å². The fourth-order valence-corrected chi connectivity index (χ4v) is 3.00. The van der Waals surface area contributed by atoms with Crippen molar-refractivity contribution >= 4 is 35.1 Å². The molecule has 0 fully saturated rings. The van der Waals surface area contributed by atoms with Gasteiger partial charge in [-0.2, -0.15) is 0 Å². The fourth-order valence-electron chi connectivity index (χ4n) is 3.00. The Bertz CT molecular complexity index is 1300. The molecule has 4 aromatic rings. The van der Waals surface area contributed by atoms with Gasteiger partial charge in [0.25, 0.3) is 0 Å². The van der Waals surface area contributed by atoms with E-state index in [1.165, 1.54) is 6.08 Å². The molecule has 8 nitrogen and oxygen atoms in total. The van der Waals surface area contributed by atoms with Crippen LogP contribution in [0.25, 0.3) is 28.5 Å². The number of anilines is 1. The van der Waals surface area contributed by atoms with Gasteiger partial charge in [0, 0.05) is 18.2 Å². The van der Waals surface area contributed by atoms with E-state index in [0.717, 1.165) is 11.1 Å². The van der Waals surface area contributed by atoms with Crippen LogP contribution in [0.15, 0.2) is 79.0 Å². The van der Waals surface area contributed by atoms with Gasteiger partial charge in [0.05, 0.1) is 11.9 Å². The van der Waals surface area contributed by atoms with Crippen LogP contribution in [0.1, 0.15) is 12.5 Å². The number of rotatable bonds is 6. The van der Waals surface area contributed by atoms with Crippen molar-refractivity contribution in [1.82, 2.24) is 20.3 Å². The third-order valence-electron chi connectivity index (χ3n) is 4.57. The average molecular weight is 439 g/mol. The van der Waals surface area contributed by atoms with Crippen LogP contribution in [0.4, 0.5) is 10.6 Å². The SMILES string of the molecule is CCNC(=O)Nc1ccc2ncc(-c3ccc(OC(=O)/C=C/c4ccccc4)cc3)nc2n1. The van der Waals surface area contributed by atoms with Gasteiger partial charge < -0.3 is 10.1 Å². The number of urea groups is 1. The van der Waals surface area contributed by atoms with Crippen molar-refractivity contribution < 1.29 is 14.3 Å². The first-order chi connectivity index (χ1) is 16.1. The molecule has 0 radical (unpaired) electrons. The van der Waals surface area contributed by atoms with Crippen LogP contribution in [0, 0.1) is 0 Å². The molecule has 0 saturated carbocycles. The van der Waals surface area contributed by atoms with Crippen LogP contribution in [-0.2, 0) is 4.79 Å². The summed E-state index contributed by atoms with van der Waals surface area (Å²) in [5, 5.41) is 5.31. The highest BCUT2D eigenvalue weighted by atomic mass is 16.5. The molecule has 0 aliphatic rings. The summed E-state index contributed by atoms with van der Waals surface area (Å²) in [5.74, 6) is 0.334. The van der Waals surface area contributed by atoms with Crippen molar-refractivity contribution in [3.05, 3.63) is 84.6 Å². The first-order valence-corrected chi connectivity index (χ1v) is 10.3. The van der Waals surface area contributed by atoms with Gasteiger partial charge in [-0.25, -0.2) is 19.6 Å². The van der Waals surface area contributed by atoms with Crippen molar-refractivity contribution in [2.45, 2.75) is 6.92 Å². The second kappa shape index (κ2) is 10.1. The second-order valence-corrected chi connectivity index (χ2v) is 6.97. The molecule has 0 aliphatic heterocycles. The fraction of sp³-hybridized carbons (Fsp3) is 0.0800. The van der Waals surface area contributed by atoms with Gasteiger partial charge in [0.2, 0.25) is 0 Å². The Morgan fingerprint density at radius 3 is 2.52 bits per heavy atom. The van der Waals surface area contributed by atoms with Gasteiger partial charge in [-0.15, -0.1) is 0 Å². The van der Waals surface area contributed by atoms with Gasteiger partial charge in [-0.05, 0) is 55.0 Å². The molecular formula is C25H21N5O3. The summed E-state index contributed by atoms with van der Waals surface area (Å²) in [4.78, 5) is 37.1. The van der Waals surface area contributed by atoms with E-state index in [4.69, 9.17) is 4.74 Å². The lowest BCUT2D eigenvalue weighted by molar-refractivity contribution is -0.128. The summed E-state index contributed by atoms with van der Waals surface area (Å²) in [6, 6.07) is 19.5. The minimum atomic E-state index is -0.464. The number of aromatic nitrogens is 3. The molecule has 0 bridgehead atoms. The number of nitrogens with one attached hydrogen (secondary N) is 2. The minimum absolute atomic E-state index is 0.336. The standard InChI is InChI=1S/C25H21N5O3/c1-2-26-25(32)30-22-14-13-20-24(29-22)28-21(16-27-20)18-9-11-19(12-10-18)33-23(31)15-8-17-6-4-3-5-7-17/h3-16H,2H2,1H3,(H2,26,28,29,30,32)/b15-8+. The molecule has 8 heteroatoms. The monoisotopic (exact) mass is 439 g/mol. The number of benzene rings is 2. The Balaban J connectivity index is 1.46. The van der Waals surface area contributed by atoms with E-state index in [2.05, 4.69) is 25.6 Å². The molecule has 0 aliphatic carbocycles. The number of pyridine rings is 1. The molecule has 2 amide bonds. The zero-order valence-electron chi connectivity index (χ0n) is 17.9. The summed E-state index contributed by atoms with van der Waals surface area (Å²) in [5.41, 5.74) is 3.32. The number of carbonyl (C=O) groups excluding carboxylic acids is 2. The van der Waals surface area contributed by atoms with E-state index in [1.807, 2.05) is 37.3 Å². The number of hydrogen-bond acceptors (Lipinski definition) is 6. The van der Waals surface area contributed by atoms with E-state index >= 15 is 0 Å². The van der Waals surface area contributed by atoms with Crippen LogP contribution >= 0.6 is 0 Å². The Labute approximate surface area is 190 Å². The normalized spacial score (nSPS) is 10.8. The van der Waals surface area contributed by atoms with E-state index in [9.17, 15) is 9.59 Å². The van der Waals surface area contributed by atoms with Crippen LogP contribution < -0.4 is 15.4 Å². The topological polar surface area (TPSA) is 106 Å². The predicted octanol–water partition coefficient (Wildman–Crippen LogP) is 4.45. The molecule has 0 atom stereocenters. The van der Waals surface area contributed by atoms with E-state index in [1.54, 1.807) is 48.7 Å². The van der Waals surface area contributed by atoms with Crippen molar-refractivity contribution in [2.75, 3.05) is 11.9 Å². The van der Waals surface area contributed by atoms with Crippen molar-refractivity contribution in [3.63, 3.8) is 0 Å². The Hall–Kier alpha value is -4.59.